The Bertz CT molecular complexity index is 453. The average molecular weight is 228 g/mol. The minimum Gasteiger partial charge on any atom is -0.385 e. The van der Waals surface area contributed by atoms with Gasteiger partial charge in [0.25, 0.3) is 0 Å². The normalized spacial score (nSPS) is 10.0. The van der Waals surface area contributed by atoms with Crippen molar-refractivity contribution in [2.45, 2.75) is 6.92 Å². The lowest BCUT2D eigenvalue weighted by molar-refractivity contribution is 0.301. The number of anilines is 3. The molecule has 0 atom stereocenters. The van der Waals surface area contributed by atoms with E-state index in [9.17, 15) is 5.21 Å². The van der Waals surface area contributed by atoms with Crippen molar-refractivity contribution in [3.05, 3.63) is 54.6 Å². The SMILES string of the molecule is CCNc1ccc(N(O)c2ccccc2)cc1. The third-order valence-electron chi connectivity index (χ3n) is 2.49. The van der Waals surface area contributed by atoms with E-state index < -0.39 is 0 Å². The van der Waals surface area contributed by atoms with Gasteiger partial charge in [-0.1, -0.05) is 18.2 Å². The standard InChI is InChI=1S/C14H16N2O/c1-2-15-12-8-10-14(11-9-12)16(17)13-6-4-3-5-7-13/h3-11,15,17H,2H2,1H3. The van der Waals surface area contributed by atoms with Crippen LogP contribution in [0.1, 0.15) is 6.92 Å². The monoisotopic (exact) mass is 228 g/mol. The molecule has 3 nitrogen and oxygen atoms in total. The molecule has 0 unspecified atom stereocenters. The maximum atomic E-state index is 10.0. The van der Waals surface area contributed by atoms with Gasteiger partial charge in [0.05, 0.1) is 11.4 Å². The van der Waals surface area contributed by atoms with E-state index >= 15 is 0 Å². The number of benzene rings is 2. The largest absolute Gasteiger partial charge is 0.385 e. The molecule has 3 heteroatoms. The Morgan fingerprint density at radius 2 is 1.53 bits per heavy atom. The van der Waals surface area contributed by atoms with Gasteiger partial charge in [-0.25, -0.2) is 5.06 Å². The molecule has 17 heavy (non-hydrogen) atoms. The van der Waals surface area contributed by atoms with Crippen molar-refractivity contribution in [2.75, 3.05) is 16.9 Å². The van der Waals surface area contributed by atoms with Crippen LogP contribution < -0.4 is 10.4 Å². The highest BCUT2D eigenvalue weighted by atomic mass is 16.5. The van der Waals surface area contributed by atoms with E-state index in [-0.39, 0.29) is 0 Å². The summed E-state index contributed by atoms with van der Waals surface area (Å²) in [6, 6.07) is 17.1. The third kappa shape index (κ3) is 2.77. The van der Waals surface area contributed by atoms with Crippen LogP contribution in [0.2, 0.25) is 0 Å². The molecule has 0 bridgehead atoms. The molecule has 2 aromatic carbocycles. The topological polar surface area (TPSA) is 35.5 Å². The van der Waals surface area contributed by atoms with Crippen molar-refractivity contribution < 1.29 is 5.21 Å². The first-order valence-corrected chi connectivity index (χ1v) is 5.69. The van der Waals surface area contributed by atoms with Gasteiger partial charge in [-0.15, -0.1) is 0 Å². The molecule has 2 rings (SSSR count). The molecule has 0 saturated carbocycles. The van der Waals surface area contributed by atoms with Crippen LogP contribution in [0, 0.1) is 0 Å². The first kappa shape index (κ1) is 11.5. The Hall–Kier alpha value is -2.00. The zero-order chi connectivity index (χ0) is 12.1. The fourth-order valence-corrected chi connectivity index (χ4v) is 1.64. The van der Waals surface area contributed by atoms with Gasteiger partial charge in [0.1, 0.15) is 0 Å². The highest BCUT2D eigenvalue weighted by molar-refractivity contribution is 5.62. The van der Waals surface area contributed by atoms with E-state index in [1.165, 1.54) is 5.06 Å². The van der Waals surface area contributed by atoms with Gasteiger partial charge >= 0.3 is 0 Å². The summed E-state index contributed by atoms with van der Waals surface area (Å²) < 4.78 is 0. The molecule has 0 heterocycles. The van der Waals surface area contributed by atoms with Crippen molar-refractivity contribution in [1.29, 1.82) is 0 Å². The summed E-state index contributed by atoms with van der Waals surface area (Å²) in [5.41, 5.74) is 2.55. The molecule has 2 aromatic rings. The number of hydrogen-bond donors (Lipinski definition) is 2. The van der Waals surface area contributed by atoms with Gasteiger partial charge in [-0.3, -0.25) is 5.21 Å². The van der Waals surface area contributed by atoms with Crippen molar-refractivity contribution in [3.63, 3.8) is 0 Å². The third-order valence-corrected chi connectivity index (χ3v) is 2.49. The van der Waals surface area contributed by atoms with Crippen molar-refractivity contribution in [1.82, 2.24) is 0 Å². The van der Waals surface area contributed by atoms with Crippen LogP contribution in [0.3, 0.4) is 0 Å². The molecule has 2 N–H and O–H groups in total. The lowest BCUT2D eigenvalue weighted by Gasteiger charge is -2.17. The molecule has 88 valence electrons. The van der Waals surface area contributed by atoms with E-state index in [4.69, 9.17) is 0 Å². The molecule has 0 aromatic heterocycles. The summed E-state index contributed by atoms with van der Waals surface area (Å²) >= 11 is 0. The number of nitrogens with one attached hydrogen (secondary N) is 1. The number of nitrogens with zero attached hydrogens (tertiary/aromatic N) is 1. The van der Waals surface area contributed by atoms with Gasteiger partial charge in [0.15, 0.2) is 0 Å². The number of rotatable bonds is 4. The maximum absolute atomic E-state index is 10.0. The van der Waals surface area contributed by atoms with Crippen molar-refractivity contribution in [3.8, 4) is 0 Å². The van der Waals surface area contributed by atoms with Crippen LogP contribution >= 0.6 is 0 Å². The van der Waals surface area contributed by atoms with Gasteiger partial charge in [0, 0.05) is 12.2 Å². The molecule has 0 aliphatic rings. The lowest BCUT2D eigenvalue weighted by Crippen LogP contribution is -2.10. The van der Waals surface area contributed by atoms with Crippen LogP contribution in [0.4, 0.5) is 17.1 Å². The molecule has 0 saturated heterocycles. The lowest BCUT2D eigenvalue weighted by atomic mass is 10.2. The zero-order valence-electron chi connectivity index (χ0n) is 9.80. The second-order valence-electron chi connectivity index (χ2n) is 3.72. The smallest absolute Gasteiger partial charge is 0.0694 e. The quantitative estimate of drug-likeness (QED) is 0.784. The molecule has 0 aliphatic carbocycles. The molecule has 0 aliphatic heterocycles. The summed E-state index contributed by atoms with van der Waals surface area (Å²) in [5.74, 6) is 0. The number of para-hydroxylation sites is 1. The van der Waals surface area contributed by atoms with Crippen molar-refractivity contribution >= 4 is 17.1 Å². The predicted molar refractivity (Wildman–Crippen MR) is 71.0 cm³/mol. The summed E-state index contributed by atoms with van der Waals surface area (Å²) in [4.78, 5) is 0. The second kappa shape index (κ2) is 5.37. The molecule has 0 fully saturated rings. The Balaban J connectivity index is 2.17. The van der Waals surface area contributed by atoms with Gasteiger partial charge in [-0.2, -0.15) is 0 Å². The van der Waals surface area contributed by atoms with E-state index in [2.05, 4.69) is 12.2 Å². The van der Waals surface area contributed by atoms with Crippen LogP contribution in [0.5, 0.6) is 0 Å². The minimum atomic E-state index is 0.748. The summed E-state index contributed by atoms with van der Waals surface area (Å²) in [7, 11) is 0. The molecule has 0 radical (unpaired) electrons. The first-order valence-electron chi connectivity index (χ1n) is 5.69. The van der Waals surface area contributed by atoms with E-state index in [0.29, 0.717) is 0 Å². The highest BCUT2D eigenvalue weighted by Crippen LogP contribution is 2.24. The van der Waals surface area contributed by atoms with Gasteiger partial charge < -0.3 is 5.32 Å². The molecular weight excluding hydrogens is 212 g/mol. The second-order valence-corrected chi connectivity index (χ2v) is 3.72. The van der Waals surface area contributed by atoms with Crippen molar-refractivity contribution in [2.24, 2.45) is 0 Å². The number of hydrogen-bond acceptors (Lipinski definition) is 3. The minimum absolute atomic E-state index is 0.748. The molecular formula is C14H16N2O. The Morgan fingerprint density at radius 3 is 2.12 bits per heavy atom. The predicted octanol–water partition coefficient (Wildman–Crippen LogP) is 3.65. The van der Waals surface area contributed by atoms with Gasteiger partial charge in [-0.05, 0) is 43.3 Å². The fourth-order valence-electron chi connectivity index (χ4n) is 1.64. The van der Waals surface area contributed by atoms with E-state index in [1.807, 2.05) is 54.6 Å². The fraction of sp³-hybridized carbons (Fsp3) is 0.143. The Morgan fingerprint density at radius 1 is 0.941 bits per heavy atom. The van der Waals surface area contributed by atoms with E-state index in [0.717, 1.165) is 23.6 Å². The van der Waals surface area contributed by atoms with Crippen LogP contribution in [-0.4, -0.2) is 11.8 Å². The maximum Gasteiger partial charge on any atom is 0.0694 e. The average Bonchev–Trinajstić information content (AvgIpc) is 2.40. The Labute approximate surface area is 101 Å². The van der Waals surface area contributed by atoms with E-state index in [1.54, 1.807) is 0 Å². The first-order chi connectivity index (χ1) is 8.31. The van der Waals surface area contributed by atoms with Crippen LogP contribution in [0.15, 0.2) is 54.6 Å². The van der Waals surface area contributed by atoms with Crippen LogP contribution in [0.25, 0.3) is 0 Å². The summed E-state index contributed by atoms with van der Waals surface area (Å²) in [6.45, 7) is 2.94. The zero-order valence-corrected chi connectivity index (χ0v) is 9.80. The molecule has 0 amide bonds. The van der Waals surface area contributed by atoms with Crippen LogP contribution in [-0.2, 0) is 0 Å². The summed E-state index contributed by atoms with van der Waals surface area (Å²) in [5, 5.41) is 14.4. The van der Waals surface area contributed by atoms with Gasteiger partial charge in [0.2, 0.25) is 0 Å². The highest BCUT2D eigenvalue weighted by Gasteiger charge is 2.04. The Kier molecular flexibility index (Phi) is 3.62. The molecule has 0 spiro atoms. The summed E-state index contributed by atoms with van der Waals surface area (Å²) in [6.07, 6.45) is 0.